The normalized spacial score (nSPS) is 40.8. The molecule has 57 valence electrons. The van der Waals surface area contributed by atoms with Crippen LogP contribution in [0.1, 0.15) is 32.1 Å². The second-order valence-corrected chi connectivity index (χ2v) is 3.59. The van der Waals surface area contributed by atoms with Crippen LogP contribution in [0.5, 0.6) is 0 Å². The molecule has 0 saturated carbocycles. The third-order valence-corrected chi connectivity index (χ3v) is 2.84. The zero-order valence-corrected chi connectivity index (χ0v) is 6.55. The van der Waals surface area contributed by atoms with Crippen LogP contribution in [0.15, 0.2) is 0 Å². The van der Waals surface area contributed by atoms with Gasteiger partial charge in [-0.1, -0.05) is 0 Å². The van der Waals surface area contributed by atoms with E-state index in [0.717, 1.165) is 5.92 Å². The van der Waals surface area contributed by atoms with Crippen LogP contribution in [0, 0.1) is 12.5 Å². The van der Waals surface area contributed by atoms with Gasteiger partial charge in [0.1, 0.15) is 0 Å². The maximum Gasteiger partial charge on any atom is 0.0251 e. The van der Waals surface area contributed by atoms with Gasteiger partial charge in [0.25, 0.3) is 0 Å². The van der Waals surface area contributed by atoms with Crippen molar-refractivity contribution in [3.05, 3.63) is 6.54 Å². The van der Waals surface area contributed by atoms with E-state index in [0.29, 0.717) is 0 Å². The standard InChI is InChI=1S/C9H16N/c1-3-9-4-2-7-10(6-1)8-5-9/h6,9H,1-5,7-8H2. The van der Waals surface area contributed by atoms with Crippen LogP contribution in [0.2, 0.25) is 0 Å². The minimum absolute atomic E-state index is 1.06. The summed E-state index contributed by atoms with van der Waals surface area (Å²) < 4.78 is 0. The number of hydrogen-bond donors (Lipinski definition) is 0. The van der Waals surface area contributed by atoms with Crippen LogP contribution in [0.4, 0.5) is 0 Å². The molecule has 10 heavy (non-hydrogen) atoms. The summed E-state index contributed by atoms with van der Waals surface area (Å²) in [6.07, 6.45) is 7.17. The summed E-state index contributed by atoms with van der Waals surface area (Å²) in [5.74, 6) is 1.06. The summed E-state index contributed by atoms with van der Waals surface area (Å²) >= 11 is 0. The van der Waals surface area contributed by atoms with Gasteiger partial charge in [0.2, 0.25) is 0 Å². The highest BCUT2D eigenvalue weighted by molar-refractivity contribution is 4.80. The maximum absolute atomic E-state index is 2.52. The van der Waals surface area contributed by atoms with E-state index in [1.165, 1.54) is 45.2 Å². The van der Waals surface area contributed by atoms with E-state index < -0.39 is 0 Å². The summed E-state index contributed by atoms with van der Waals surface area (Å²) in [5.41, 5.74) is 0. The van der Waals surface area contributed by atoms with Gasteiger partial charge in [-0.2, -0.15) is 0 Å². The minimum atomic E-state index is 1.06. The van der Waals surface area contributed by atoms with Gasteiger partial charge in [0.15, 0.2) is 0 Å². The first-order chi connectivity index (χ1) is 4.95. The molecule has 2 unspecified atom stereocenters. The predicted octanol–water partition coefficient (Wildman–Crippen LogP) is 2.04. The maximum atomic E-state index is 2.52. The SMILES string of the molecule is [CH]1CCC2CCCN1CC2. The monoisotopic (exact) mass is 138 g/mol. The molecule has 0 spiro atoms. The summed E-state index contributed by atoms with van der Waals surface area (Å²) in [6.45, 7) is 5.08. The average Bonchev–Trinajstić information content (AvgIpc) is 2.17. The van der Waals surface area contributed by atoms with Crippen molar-refractivity contribution in [1.82, 2.24) is 4.90 Å². The number of hydrogen-bond acceptors (Lipinski definition) is 1. The van der Waals surface area contributed by atoms with Crippen LogP contribution in [0.25, 0.3) is 0 Å². The highest BCUT2D eigenvalue weighted by Gasteiger charge is 2.20. The molecule has 0 aromatic heterocycles. The molecule has 2 atom stereocenters. The Hall–Kier alpha value is -0.0400. The first-order valence-corrected chi connectivity index (χ1v) is 4.52. The number of nitrogens with zero attached hydrogens (tertiary/aromatic N) is 1. The summed E-state index contributed by atoms with van der Waals surface area (Å²) in [6, 6.07) is 0. The summed E-state index contributed by atoms with van der Waals surface area (Å²) in [7, 11) is 0. The fourth-order valence-corrected chi connectivity index (χ4v) is 2.15. The lowest BCUT2D eigenvalue weighted by atomic mass is 9.96. The minimum Gasteiger partial charge on any atom is -0.299 e. The van der Waals surface area contributed by atoms with Gasteiger partial charge in [0, 0.05) is 6.54 Å². The van der Waals surface area contributed by atoms with Crippen molar-refractivity contribution in [2.75, 3.05) is 13.1 Å². The fraction of sp³-hybridized carbons (Fsp3) is 0.889. The van der Waals surface area contributed by atoms with Crippen molar-refractivity contribution in [3.63, 3.8) is 0 Å². The van der Waals surface area contributed by atoms with Crippen molar-refractivity contribution < 1.29 is 0 Å². The molecule has 2 aliphatic heterocycles. The van der Waals surface area contributed by atoms with E-state index in [2.05, 4.69) is 11.4 Å². The molecule has 2 bridgehead atoms. The van der Waals surface area contributed by atoms with Crippen LogP contribution >= 0.6 is 0 Å². The molecule has 1 radical (unpaired) electrons. The van der Waals surface area contributed by atoms with Gasteiger partial charge in [-0.15, -0.1) is 0 Å². The zero-order chi connectivity index (χ0) is 6.81. The largest absolute Gasteiger partial charge is 0.299 e. The molecule has 0 N–H and O–H groups in total. The van der Waals surface area contributed by atoms with E-state index in [1.807, 2.05) is 0 Å². The van der Waals surface area contributed by atoms with Crippen LogP contribution < -0.4 is 0 Å². The first kappa shape index (κ1) is 6.66. The highest BCUT2D eigenvalue weighted by atomic mass is 15.1. The third kappa shape index (κ3) is 1.34. The van der Waals surface area contributed by atoms with E-state index in [-0.39, 0.29) is 0 Å². The average molecular weight is 138 g/mol. The Kier molecular flexibility index (Phi) is 1.94. The number of fused-ring (bicyclic) bond motifs is 3. The quantitative estimate of drug-likeness (QED) is 0.495. The predicted molar refractivity (Wildman–Crippen MR) is 42.4 cm³/mol. The Morgan fingerprint density at radius 2 is 2.10 bits per heavy atom. The molecule has 0 aliphatic carbocycles. The van der Waals surface area contributed by atoms with Gasteiger partial charge in [-0.05, 0) is 51.1 Å². The Bertz CT molecular complexity index is 89.3. The van der Waals surface area contributed by atoms with E-state index >= 15 is 0 Å². The summed E-state index contributed by atoms with van der Waals surface area (Å²) in [4.78, 5) is 2.52. The van der Waals surface area contributed by atoms with Crippen LogP contribution in [-0.4, -0.2) is 18.0 Å². The van der Waals surface area contributed by atoms with Gasteiger partial charge >= 0.3 is 0 Å². The van der Waals surface area contributed by atoms with E-state index in [1.54, 1.807) is 0 Å². The molecule has 2 fully saturated rings. The molecule has 0 amide bonds. The van der Waals surface area contributed by atoms with Crippen molar-refractivity contribution in [2.24, 2.45) is 5.92 Å². The fourth-order valence-electron chi connectivity index (χ4n) is 2.15. The van der Waals surface area contributed by atoms with E-state index in [4.69, 9.17) is 0 Å². The van der Waals surface area contributed by atoms with Gasteiger partial charge in [-0.3, -0.25) is 4.90 Å². The van der Waals surface area contributed by atoms with Gasteiger partial charge in [-0.25, -0.2) is 0 Å². The Morgan fingerprint density at radius 1 is 1.10 bits per heavy atom. The Balaban J connectivity index is 2.01. The first-order valence-electron chi connectivity index (χ1n) is 4.52. The van der Waals surface area contributed by atoms with Crippen LogP contribution in [-0.2, 0) is 0 Å². The molecule has 2 aliphatic rings. The lowest BCUT2D eigenvalue weighted by Crippen LogP contribution is -2.20. The molecular formula is C9H16N. The Labute approximate surface area is 63.4 Å². The molecule has 1 nitrogen and oxygen atoms in total. The summed E-state index contributed by atoms with van der Waals surface area (Å²) in [5, 5.41) is 0. The van der Waals surface area contributed by atoms with Gasteiger partial charge < -0.3 is 0 Å². The van der Waals surface area contributed by atoms with Crippen molar-refractivity contribution in [3.8, 4) is 0 Å². The van der Waals surface area contributed by atoms with E-state index in [9.17, 15) is 0 Å². The lowest BCUT2D eigenvalue weighted by Gasteiger charge is -2.17. The van der Waals surface area contributed by atoms with Crippen molar-refractivity contribution in [1.29, 1.82) is 0 Å². The molecule has 2 saturated heterocycles. The number of rotatable bonds is 0. The second kappa shape index (κ2) is 2.91. The molecule has 2 rings (SSSR count). The van der Waals surface area contributed by atoms with Crippen molar-refractivity contribution >= 4 is 0 Å². The third-order valence-electron chi connectivity index (χ3n) is 2.84. The molecule has 2 heterocycles. The van der Waals surface area contributed by atoms with Gasteiger partial charge in [0.05, 0.1) is 0 Å². The zero-order valence-electron chi connectivity index (χ0n) is 6.55. The molecule has 1 heteroatoms. The molecule has 0 aromatic carbocycles. The topological polar surface area (TPSA) is 3.24 Å². The molecular weight excluding hydrogens is 122 g/mol. The van der Waals surface area contributed by atoms with Crippen LogP contribution in [0.3, 0.4) is 0 Å². The Morgan fingerprint density at radius 3 is 3.10 bits per heavy atom. The molecule has 0 aromatic rings. The second-order valence-electron chi connectivity index (χ2n) is 3.59. The smallest absolute Gasteiger partial charge is 0.0251 e. The highest BCUT2D eigenvalue weighted by Crippen LogP contribution is 2.27. The lowest BCUT2D eigenvalue weighted by molar-refractivity contribution is 0.343. The van der Waals surface area contributed by atoms with Crippen molar-refractivity contribution in [2.45, 2.75) is 32.1 Å².